The number of fused-ring (bicyclic) bond motifs is 1. The van der Waals surface area contributed by atoms with Gasteiger partial charge in [-0.15, -0.1) is 0 Å². The van der Waals surface area contributed by atoms with Crippen LogP contribution in [0.25, 0.3) is 11.4 Å². The first kappa shape index (κ1) is 12.9. The maximum Gasteiger partial charge on any atom is 0.140 e. The van der Waals surface area contributed by atoms with Crippen molar-refractivity contribution in [2.45, 2.75) is 26.5 Å². The van der Waals surface area contributed by atoms with E-state index in [-0.39, 0.29) is 0 Å². The van der Waals surface area contributed by atoms with Gasteiger partial charge < -0.3 is 9.67 Å². The molecular weight excluding hydrogens is 248 g/mol. The maximum atomic E-state index is 10.4. The predicted molar refractivity (Wildman–Crippen MR) is 79.7 cm³/mol. The zero-order chi connectivity index (χ0) is 14.1. The molecule has 0 bridgehead atoms. The van der Waals surface area contributed by atoms with Gasteiger partial charge in [0.15, 0.2) is 0 Å². The van der Waals surface area contributed by atoms with Gasteiger partial charge in [0.25, 0.3) is 0 Å². The number of aromatic nitrogens is 2. The molecule has 2 aliphatic heterocycles. The standard InChI is InChI=1S/C17H18N2O/c1-12-13(2)18-17-15(12)9-6-10-19(17)11-16(20)14-7-4-3-5-8-14/h3-10,16,20H,11H2,1-2H3. The van der Waals surface area contributed by atoms with Crippen LogP contribution in [0.4, 0.5) is 0 Å². The van der Waals surface area contributed by atoms with Gasteiger partial charge in [-0.1, -0.05) is 30.3 Å². The molecule has 3 heteroatoms. The molecule has 0 fully saturated rings. The first-order valence-electron chi connectivity index (χ1n) is 6.82. The van der Waals surface area contributed by atoms with Crippen LogP contribution in [-0.4, -0.2) is 14.7 Å². The molecule has 0 saturated heterocycles. The highest BCUT2D eigenvalue weighted by atomic mass is 16.3. The van der Waals surface area contributed by atoms with Crippen LogP contribution in [0, 0.1) is 13.8 Å². The quantitative estimate of drug-likeness (QED) is 0.789. The van der Waals surface area contributed by atoms with Crippen LogP contribution >= 0.6 is 0 Å². The summed E-state index contributed by atoms with van der Waals surface area (Å²) < 4.78 is 2.02. The van der Waals surface area contributed by atoms with Crippen LogP contribution in [0.5, 0.6) is 0 Å². The zero-order valence-electron chi connectivity index (χ0n) is 11.7. The van der Waals surface area contributed by atoms with E-state index in [2.05, 4.69) is 18.0 Å². The molecule has 0 aromatic heterocycles. The van der Waals surface area contributed by atoms with Crippen LogP contribution in [0.2, 0.25) is 0 Å². The number of aryl methyl sites for hydroxylation is 1. The summed E-state index contributed by atoms with van der Waals surface area (Å²) in [4.78, 5) is 4.61. The number of benzene rings is 1. The molecule has 0 amide bonds. The monoisotopic (exact) mass is 266 g/mol. The normalized spacial score (nSPS) is 12.8. The highest BCUT2D eigenvalue weighted by molar-refractivity contribution is 5.64. The first-order valence-corrected chi connectivity index (χ1v) is 6.82. The van der Waals surface area contributed by atoms with E-state index < -0.39 is 6.10 Å². The van der Waals surface area contributed by atoms with Gasteiger partial charge in [-0.25, -0.2) is 4.98 Å². The Morgan fingerprint density at radius 2 is 1.85 bits per heavy atom. The number of pyridine rings is 1. The number of rotatable bonds is 3. The lowest BCUT2D eigenvalue weighted by atomic mass is 10.1. The lowest BCUT2D eigenvalue weighted by molar-refractivity contribution is 0.156. The topological polar surface area (TPSA) is 38.0 Å². The van der Waals surface area contributed by atoms with Gasteiger partial charge in [0, 0.05) is 17.5 Å². The molecular formula is C17H18N2O. The number of hydrogen-bond acceptors (Lipinski definition) is 2. The third-order valence-electron chi connectivity index (χ3n) is 3.82. The molecule has 1 unspecified atom stereocenters. The molecule has 0 spiro atoms. The van der Waals surface area contributed by atoms with Crippen molar-refractivity contribution in [1.29, 1.82) is 0 Å². The first-order chi connectivity index (χ1) is 9.66. The Morgan fingerprint density at radius 1 is 1.10 bits per heavy atom. The molecule has 1 aromatic carbocycles. The second-order valence-electron chi connectivity index (χ2n) is 5.15. The summed E-state index contributed by atoms with van der Waals surface area (Å²) >= 11 is 0. The Labute approximate surface area is 118 Å². The summed E-state index contributed by atoms with van der Waals surface area (Å²) in [6, 6.07) is 13.8. The van der Waals surface area contributed by atoms with Crippen LogP contribution in [0.1, 0.15) is 22.9 Å². The van der Waals surface area contributed by atoms with Crippen molar-refractivity contribution in [3.8, 4) is 11.4 Å². The summed E-state index contributed by atoms with van der Waals surface area (Å²) in [5, 5.41) is 10.4. The van der Waals surface area contributed by atoms with Crippen LogP contribution in [-0.2, 0) is 6.54 Å². The lowest BCUT2D eigenvalue weighted by Gasteiger charge is -2.16. The maximum absolute atomic E-state index is 10.4. The Morgan fingerprint density at radius 3 is 2.60 bits per heavy atom. The summed E-state index contributed by atoms with van der Waals surface area (Å²) in [6.07, 6.45) is 1.45. The smallest absolute Gasteiger partial charge is 0.140 e. The summed E-state index contributed by atoms with van der Waals surface area (Å²) in [6.45, 7) is 4.62. The van der Waals surface area contributed by atoms with Crippen molar-refractivity contribution < 1.29 is 5.11 Å². The number of aliphatic hydroxyl groups excluding tert-OH is 1. The largest absolute Gasteiger partial charge is 0.387 e. The van der Waals surface area contributed by atoms with Crippen LogP contribution < -0.4 is 0 Å². The number of nitrogens with zero attached hydrogens (tertiary/aromatic N) is 2. The summed E-state index contributed by atoms with van der Waals surface area (Å²) in [5.74, 6) is 0.942. The third-order valence-corrected chi connectivity index (χ3v) is 3.82. The van der Waals surface area contributed by atoms with E-state index in [0.29, 0.717) is 6.54 Å². The molecule has 3 nitrogen and oxygen atoms in total. The molecule has 1 N–H and O–H groups in total. The van der Waals surface area contributed by atoms with E-state index in [0.717, 1.165) is 22.6 Å². The van der Waals surface area contributed by atoms with Crippen molar-refractivity contribution >= 4 is 0 Å². The fourth-order valence-corrected chi connectivity index (χ4v) is 2.51. The molecule has 0 saturated carbocycles. The van der Waals surface area contributed by atoms with Crippen molar-refractivity contribution in [2.75, 3.05) is 0 Å². The lowest BCUT2D eigenvalue weighted by Crippen LogP contribution is -2.11. The zero-order valence-corrected chi connectivity index (χ0v) is 11.7. The van der Waals surface area contributed by atoms with E-state index >= 15 is 0 Å². The highest BCUT2D eigenvalue weighted by Crippen LogP contribution is 2.28. The van der Waals surface area contributed by atoms with Crippen molar-refractivity contribution in [2.24, 2.45) is 0 Å². The van der Waals surface area contributed by atoms with Gasteiger partial charge in [0.2, 0.25) is 0 Å². The second kappa shape index (κ2) is 5.10. The van der Waals surface area contributed by atoms with Gasteiger partial charge in [0.05, 0.1) is 12.6 Å². The van der Waals surface area contributed by atoms with Gasteiger partial charge in [-0.3, -0.25) is 0 Å². The highest BCUT2D eigenvalue weighted by Gasteiger charge is 2.16. The third kappa shape index (κ3) is 2.21. The Balaban J connectivity index is 1.93. The van der Waals surface area contributed by atoms with Gasteiger partial charge >= 0.3 is 0 Å². The van der Waals surface area contributed by atoms with E-state index in [4.69, 9.17) is 0 Å². The number of hydrogen-bond donors (Lipinski definition) is 1. The minimum Gasteiger partial charge on any atom is -0.387 e. The summed E-state index contributed by atoms with van der Waals surface area (Å²) in [5.41, 5.74) is 4.35. The minimum absolute atomic E-state index is 0.511. The Bertz CT molecular complexity index is 688. The van der Waals surface area contributed by atoms with Crippen molar-refractivity contribution in [1.82, 2.24) is 9.55 Å². The summed E-state index contributed by atoms with van der Waals surface area (Å²) in [7, 11) is 0. The van der Waals surface area contributed by atoms with Crippen molar-refractivity contribution in [3.05, 3.63) is 65.5 Å². The molecule has 0 aliphatic carbocycles. The van der Waals surface area contributed by atoms with Gasteiger partial charge in [0.1, 0.15) is 5.82 Å². The molecule has 2 heterocycles. The Kier molecular flexibility index (Phi) is 3.28. The molecule has 102 valence electrons. The number of aliphatic hydroxyl groups is 1. The van der Waals surface area contributed by atoms with E-state index in [1.807, 2.05) is 54.1 Å². The molecule has 1 aromatic rings. The molecule has 0 radical (unpaired) electrons. The van der Waals surface area contributed by atoms with Gasteiger partial charge in [-0.2, -0.15) is 0 Å². The molecule has 20 heavy (non-hydrogen) atoms. The van der Waals surface area contributed by atoms with Crippen LogP contribution in [0.3, 0.4) is 0 Å². The predicted octanol–water partition coefficient (Wildman–Crippen LogP) is 3.34. The van der Waals surface area contributed by atoms with Gasteiger partial charge in [-0.05, 0) is 37.1 Å². The van der Waals surface area contributed by atoms with Crippen molar-refractivity contribution in [3.63, 3.8) is 0 Å². The Hall–Kier alpha value is -2.13. The molecule has 3 rings (SSSR count). The minimum atomic E-state index is -0.524. The molecule has 2 aliphatic rings. The van der Waals surface area contributed by atoms with E-state index in [1.54, 1.807) is 0 Å². The fourth-order valence-electron chi connectivity index (χ4n) is 2.51. The average Bonchev–Trinajstić information content (AvgIpc) is 2.77. The SMILES string of the molecule is Cc1nc2n(CC(O)c3ccccc3)cccc-2c1C. The molecule has 1 atom stereocenters. The van der Waals surface area contributed by atoms with E-state index in [1.165, 1.54) is 5.56 Å². The van der Waals surface area contributed by atoms with Crippen LogP contribution in [0.15, 0.2) is 48.7 Å². The fraction of sp³-hybridized carbons (Fsp3) is 0.235. The second-order valence-corrected chi connectivity index (χ2v) is 5.15. The van der Waals surface area contributed by atoms with E-state index in [9.17, 15) is 5.11 Å². The average molecular weight is 266 g/mol.